The van der Waals surface area contributed by atoms with E-state index >= 15 is 0 Å². The van der Waals surface area contributed by atoms with Crippen LogP contribution in [0.5, 0.6) is 0 Å². The molecular weight excluding hydrogens is 288 g/mol. The zero-order valence-corrected chi connectivity index (χ0v) is 12.5. The third-order valence-corrected chi connectivity index (χ3v) is 3.40. The second kappa shape index (κ2) is 5.25. The molecular formula is C16H17BrO. The van der Waals surface area contributed by atoms with Crippen molar-refractivity contribution < 1.29 is 5.11 Å². The maximum absolute atomic E-state index is 10.5. The van der Waals surface area contributed by atoms with Crippen molar-refractivity contribution in [2.24, 2.45) is 0 Å². The highest BCUT2D eigenvalue weighted by molar-refractivity contribution is 9.10. The first-order valence-electron chi connectivity index (χ1n) is 5.99. The highest BCUT2D eigenvalue weighted by Crippen LogP contribution is 2.27. The predicted octanol–water partition coefficient (Wildman–Crippen LogP) is 4.46. The van der Waals surface area contributed by atoms with Gasteiger partial charge >= 0.3 is 0 Å². The van der Waals surface area contributed by atoms with Crippen molar-refractivity contribution in [2.75, 3.05) is 0 Å². The van der Waals surface area contributed by atoms with Crippen molar-refractivity contribution >= 4 is 15.9 Å². The molecule has 0 saturated heterocycles. The van der Waals surface area contributed by atoms with Crippen LogP contribution < -0.4 is 0 Å². The molecule has 0 heterocycles. The van der Waals surface area contributed by atoms with Gasteiger partial charge in [-0.1, -0.05) is 51.3 Å². The minimum absolute atomic E-state index is 0.570. The van der Waals surface area contributed by atoms with Gasteiger partial charge in [0, 0.05) is 4.47 Å². The maximum atomic E-state index is 10.5. The molecule has 0 amide bonds. The van der Waals surface area contributed by atoms with Crippen LogP contribution in [0.15, 0.2) is 40.9 Å². The largest absolute Gasteiger partial charge is 0.384 e. The monoisotopic (exact) mass is 304 g/mol. The third-order valence-electron chi connectivity index (χ3n) is 2.94. The van der Waals surface area contributed by atoms with Crippen LogP contribution in [0.2, 0.25) is 0 Å². The first kappa shape index (κ1) is 13.3. The minimum Gasteiger partial charge on any atom is -0.384 e. The Morgan fingerprint density at radius 3 is 1.72 bits per heavy atom. The van der Waals surface area contributed by atoms with Gasteiger partial charge in [-0.2, -0.15) is 0 Å². The van der Waals surface area contributed by atoms with Gasteiger partial charge in [0.1, 0.15) is 6.10 Å². The van der Waals surface area contributed by atoms with Crippen molar-refractivity contribution in [3.63, 3.8) is 0 Å². The fraction of sp³-hybridized carbons (Fsp3) is 0.250. The van der Waals surface area contributed by atoms with E-state index in [0.717, 1.165) is 21.2 Å². The van der Waals surface area contributed by atoms with Crippen molar-refractivity contribution in [3.05, 3.63) is 68.7 Å². The Hall–Kier alpha value is -1.12. The fourth-order valence-electron chi connectivity index (χ4n) is 2.28. The molecule has 0 saturated carbocycles. The molecule has 2 aromatic rings. The lowest BCUT2D eigenvalue weighted by atomic mass is 9.97. The summed E-state index contributed by atoms with van der Waals surface area (Å²) in [5.74, 6) is 0. The van der Waals surface area contributed by atoms with Crippen LogP contribution in [0.4, 0.5) is 0 Å². The molecule has 0 bridgehead atoms. The number of aryl methyl sites for hydroxylation is 3. The predicted molar refractivity (Wildman–Crippen MR) is 78.9 cm³/mol. The molecule has 0 spiro atoms. The van der Waals surface area contributed by atoms with Gasteiger partial charge in [-0.15, -0.1) is 0 Å². The maximum Gasteiger partial charge on any atom is 0.104 e. The Bertz CT molecular complexity index is 483. The van der Waals surface area contributed by atoms with Crippen molar-refractivity contribution in [3.8, 4) is 0 Å². The molecule has 2 heteroatoms. The number of benzene rings is 2. The zero-order chi connectivity index (χ0) is 13.3. The van der Waals surface area contributed by atoms with Gasteiger partial charge in [-0.3, -0.25) is 0 Å². The summed E-state index contributed by atoms with van der Waals surface area (Å²) in [6.45, 7) is 6.13. The number of halogens is 1. The highest BCUT2D eigenvalue weighted by atomic mass is 79.9. The first-order valence-corrected chi connectivity index (χ1v) is 6.78. The average Bonchev–Trinajstić information content (AvgIpc) is 2.25. The Morgan fingerprint density at radius 2 is 1.22 bits per heavy atom. The van der Waals surface area contributed by atoms with Gasteiger partial charge in [0.05, 0.1) is 0 Å². The average molecular weight is 305 g/mol. The van der Waals surface area contributed by atoms with E-state index in [1.807, 2.05) is 37.3 Å². The van der Waals surface area contributed by atoms with E-state index in [-0.39, 0.29) is 0 Å². The summed E-state index contributed by atoms with van der Waals surface area (Å²) in [6.07, 6.45) is -0.570. The summed E-state index contributed by atoms with van der Waals surface area (Å²) >= 11 is 3.47. The molecule has 0 fully saturated rings. The van der Waals surface area contributed by atoms with Gasteiger partial charge in [0.15, 0.2) is 0 Å². The van der Waals surface area contributed by atoms with Gasteiger partial charge in [0.2, 0.25) is 0 Å². The van der Waals surface area contributed by atoms with Crippen LogP contribution in [0.1, 0.15) is 33.9 Å². The van der Waals surface area contributed by atoms with Crippen molar-refractivity contribution in [1.82, 2.24) is 0 Å². The lowest BCUT2D eigenvalue weighted by Gasteiger charge is -2.14. The topological polar surface area (TPSA) is 20.2 Å². The highest BCUT2D eigenvalue weighted by Gasteiger charge is 2.12. The third kappa shape index (κ3) is 3.01. The molecule has 0 aromatic heterocycles. The smallest absolute Gasteiger partial charge is 0.104 e. The van der Waals surface area contributed by atoms with Crippen molar-refractivity contribution in [2.45, 2.75) is 26.9 Å². The minimum atomic E-state index is -0.570. The first-order chi connectivity index (χ1) is 8.45. The van der Waals surface area contributed by atoms with E-state index in [4.69, 9.17) is 0 Å². The quantitative estimate of drug-likeness (QED) is 0.868. The summed E-state index contributed by atoms with van der Waals surface area (Å²) in [7, 11) is 0. The standard InChI is InChI=1S/C16H17BrO/c1-10-4-11(2)6-13(5-10)16(18)14-7-12(3)8-15(17)9-14/h4-9,16,18H,1-3H3. The number of rotatable bonds is 2. The zero-order valence-electron chi connectivity index (χ0n) is 10.9. The van der Waals surface area contributed by atoms with Gasteiger partial charge < -0.3 is 5.11 Å². The Labute approximate surface area is 117 Å². The van der Waals surface area contributed by atoms with Crippen LogP contribution >= 0.6 is 15.9 Å². The van der Waals surface area contributed by atoms with E-state index in [2.05, 4.69) is 35.8 Å². The number of aliphatic hydroxyl groups excluding tert-OH is 1. The molecule has 94 valence electrons. The number of hydrogen-bond donors (Lipinski definition) is 1. The molecule has 2 aromatic carbocycles. The molecule has 1 atom stereocenters. The van der Waals surface area contributed by atoms with Crippen molar-refractivity contribution in [1.29, 1.82) is 0 Å². The Kier molecular flexibility index (Phi) is 3.88. The molecule has 1 nitrogen and oxygen atoms in total. The van der Waals surface area contributed by atoms with E-state index in [0.29, 0.717) is 0 Å². The molecule has 0 aliphatic carbocycles. The molecule has 0 radical (unpaired) electrons. The second-order valence-electron chi connectivity index (χ2n) is 4.89. The summed E-state index contributed by atoms with van der Waals surface area (Å²) in [4.78, 5) is 0. The van der Waals surface area contributed by atoms with E-state index in [9.17, 15) is 5.11 Å². The fourth-order valence-corrected chi connectivity index (χ4v) is 2.91. The molecule has 18 heavy (non-hydrogen) atoms. The van der Waals surface area contributed by atoms with Crippen LogP contribution in [0, 0.1) is 20.8 Å². The normalized spacial score (nSPS) is 12.5. The van der Waals surface area contributed by atoms with Crippen LogP contribution in [-0.4, -0.2) is 5.11 Å². The molecule has 2 rings (SSSR count). The number of hydrogen-bond acceptors (Lipinski definition) is 1. The summed E-state index contributed by atoms with van der Waals surface area (Å²) in [6, 6.07) is 12.2. The summed E-state index contributed by atoms with van der Waals surface area (Å²) < 4.78 is 1.00. The second-order valence-corrected chi connectivity index (χ2v) is 5.80. The van der Waals surface area contributed by atoms with Gasteiger partial charge in [0.25, 0.3) is 0 Å². The Balaban J connectivity index is 2.43. The van der Waals surface area contributed by atoms with Crippen LogP contribution in [0.3, 0.4) is 0 Å². The molecule has 1 unspecified atom stereocenters. The van der Waals surface area contributed by atoms with Gasteiger partial charge in [-0.05, 0) is 49.6 Å². The van der Waals surface area contributed by atoms with Gasteiger partial charge in [-0.25, -0.2) is 0 Å². The number of aliphatic hydroxyl groups is 1. The lowest BCUT2D eigenvalue weighted by Crippen LogP contribution is -2.01. The van der Waals surface area contributed by atoms with E-state index in [1.54, 1.807) is 0 Å². The summed E-state index contributed by atoms with van der Waals surface area (Å²) in [5, 5.41) is 10.5. The summed E-state index contributed by atoms with van der Waals surface area (Å²) in [5.41, 5.74) is 5.37. The van der Waals surface area contributed by atoms with E-state index < -0.39 is 6.10 Å². The van der Waals surface area contributed by atoms with E-state index in [1.165, 1.54) is 11.1 Å². The SMILES string of the molecule is Cc1cc(C)cc(C(O)c2cc(C)cc(Br)c2)c1. The van der Waals surface area contributed by atoms with Crippen LogP contribution in [-0.2, 0) is 0 Å². The molecule has 1 N–H and O–H groups in total. The molecule has 0 aliphatic heterocycles. The van der Waals surface area contributed by atoms with Crippen LogP contribution in [0.25, 0.3) is 0 Å². The lowest BCUT2D eigenvalue weighted by molar-refractivity contribution is 0.220. The Morgan fingerprint density at radius 1 is 0.778 bits per heavy atom. The molecule has 0 aliphatic rings.